The van der Waals surface area contributed by atoms with Crippen LogP contribution in [0.25, 0.3) is 10.6 Å². The van der Waals surface area contributed by atoms with Gasteiger partial charge in [-0.25, -0.2) is 4.98 Å². The molecule has 1 amide bonds. The van der Waals surface area contributed by atoms with E-state index < -0.39 is 0 Å². The Labute approximate surface area is 166 Å². The number of nitrogens with zero attached hydrogens (tertiary/aromatic N) is 2. The van der Waals surface area contributed by atoms with E-state index in [-0.39, 0.29) is 11.9 Å². The molecule has 5 nitrogen and oxygen atoms in total. The molecule has 1 N–H and O–H groups in total. The van der Waals surface area contributed by atoms with E-state index in [0.29, 0.717) is 12.2 Å². The van der Waals surface area contributed by atoms with Crippen LogP contribution in [0.1, 0.15) is 22.1 Å². The zero-order valence-corrected chi connectivity index (χ0v) is 16.5. The molecule has 1 saturated heterocycles. The molecule has 3 heterocycles. The second-order valence-corrected chi connectivity index (χ2v) is 8.42. The monoisotopic (exact) mass is 399 g/mol. The van der Waals surface area contributed by atoms with Crippen molar-refractivity contribution in [3.8, 4) is 10.6 Å². The summed E-state index contributed by atoms with van der Waals surface area (Å²) in [5.74, 6) is 2.11. The molecule has 140 valence electrons. The van der Waals surface area contributed by atoms with E-state index in [4.69, 9.17) is 4.42 Å². The number of furan rings is 1. The van der Waals surface area contributed by atoms with Crippen LogP contribution in [0.5, 0.6) is 0 Å². The molecule has 0 bridgehead atoms. The molecule has 1 aliphatic rings. The average Bonchev–Trinajstić information content (AvgIpc) is 3.42. The lowest BCUT2D eigenvalue weighted by Gasteiger charge is -2.33. The number of aromatic nitrogens is 1. The van der Waals surface area contributed by atoms with Crippen LogP contribution < -0.4 is 5.32 Å². The van der Waals surface area contributed by atoms with Crippen molar-refractivity contribution in [1.82, 2.24) is 15.2 Å². The lowest BCUT2D eigenvalue weighted by Crippen LogP contribution is -2.42. The topological polar surface area (TPSA) is 58.4 Å². The molecule has 0 radical (unpaired) electrons. The van der Waals surface area contributed by atoms with Gasteiger partial charge in [-0.1, -0.05) is 30.3 Å². The van der Waals surface area contributed by atoms with Gasteiger partial charge in [-0.2, -0.15) is 11.8 Å². The molecule has 2 aromatic heterocycles. The maximum absolute atomic E-state index is 12.6. The second kappa shape index (κ2) is 8.73. The van der Waals surface area contributed by atoms with Gasteiger partial charge in [0.15, 0.2) is 0 Å². The first-order valence-corrected chi connectivity index (χ1v) is 11.0. The van der Waals surface area contributed by atoms with E-state index in [9.17, 15) is 4.79 Å². The highest BCUT2D eigenvalue weighted by molar-refractivity contribution is 7.99. The Kier molecular flexibility index (Phi) is 5.91. The molecular formula is C20H21N3O2S2. The smallest absolute Gasteiger partial charge is 0.270 e. The number of carbonyl (C=O) groups excluding carboxylic acids is 1. The number of nitrogens with one attached hydrogen (secondary N) is 1. The van der Waals surface area contributed by atoms with Crippen LogP contribution in [0.15, 0.2) is 58.7 Å². The number of hydrogen-bond donors (Lipinski definition) is 1. The highest BCUT2D eigenvalue weighted by atomic mass is 32.2. The number of hydrogen-bond acceptors (Lipinski definition) is 6. The van der Waals surface area contributed by atoms with Crippen LogP contribution in [-0.4, -0.2) is 46.9 Å². The van der Waals surface area contributed by atoms with Crippen LogP contribution in [0.2, 0.25) is 0 Å². The molecule has 3 aromatic rings. The van der Waals surface area contributed by atoms with Crippen molar-refractivity contribution in [3.05, 3.63) is 65.6 Å². The Bertz CT molecular complexity index is 859. The molecule has 1 aromatic carbocycles. The normalized spacial score (nSPS) is 16.1. The summed E-state index contributed by atoms with van der Waals surface area (Å²) in [6.07, 6.45) is 3.46. The highest BCUT2D eigenvalue weighted by Gasteiger charge is 2.24. The minimum Gasteiger partial charge on any atom is -0.472 e. The van der Waals surface area contributed by atoms with Gasteiger partial charge in [-0.3, -0.25) is 9.69 Å². The number of rotatable bonds is 6. The number of thioether (sulfide) groups is 1. The summed E-state index contributed by atoms with van der Waals surface area (Å²) in [6, 6.07) is 12.0. The highest BCUT2D eigenvalue weighted by Crippen LogP contribution is 2.25. The lowest BCUT2D eigenvalue weighted by molar-refractivity contribution is 0.0930. The van der Waals surface area contributed by atoms with Crippen LogP contribution in [0.3, 0.4) is 0 Å². The average molecular weight is 400 g/mol. The van der Waals surface area contributed by atoms with Crippen molar-refractivity contribution in [3.63, 3.8) is 0 Å². The minimum atomic E-state index is -0.131. The fraction of sp³-hybridized carbons (Fsp3) is 0.300. The van der Waals surface area contributed by atoms with Gasteiger partial charge < -0.3 is 9.73 Å². The summed E-state index contributed by atoms with van der Waals surface area (Å²) < 4.78 is 5.27. The number of benzene rings is 1. The Morgan fingerprint density at radius 2 is 2.04 bits per heavy atom. The summed E-state index contributed by atoms with van der Waals surface area (Å²) in [5.41, 5.74) is 2.60. The van der Waals surface area contributed by atoms with E-state index in [1.807, 2.05) is 53.5 Å². The molecule has 1 atom stereocenters. The molecule has 0 spiro atoms. The molecule has 27 heavy (non-hydrogen) atoms. The fourth-order valence-corrected chi connectivity index (χ4v) is 4.92. The molecular weight excluding hydrogens is 378 g/mol. The molecule has 1 fully saturated rings. The maximum Gasteiger partial charge on any atom is 0.270 e. The van der Waals surface area contributed by atoms with Gasteiger partial charge in [0.25, 0.3) is 5.91 Å². The van der Waals surface area contributed by atoms with Crippen LogP contribution >= 0.6 is 23.1 Å². The quantitative estimate of drug-likeness (QED) is 0.681. The Morgan fingerprint density at radius 1 is 1.22 bits per heavy atom. The van der Waals surface area contributed by atoms with Crippen molar-refractivity contribution in [1.29, 1.82) is 0 Å². The van der Waals surface area contributed by atoms with Gasteiger partial charge in [0.05, 0.1) is 18.6 Å². The first kappa shape index (κ1) is 18.3. The van der Waals surface area contributed by atoms with E-state index in [2.05, 4.69) is 15.2 Å². The van der Waals surface area contributed by atoms with Gasteiger partial charge in [-0.15, -0.1) is 11.3 Å². The molecule has 0 unspecified atom stereocenters. The first-order valence-electron chi connectivity index (χ1n) is 8.94. The van der Waals surface area contributed by atoms with E-state index in [1.54, 1.807) is 12.5 Å². The zero-order valence-electron chi connectivity index (χ0n) is 14.8. The predicted octanol–water partition coefficient (Wildman–Crippen LogP) is 3.92. The molecule has 1 aliphatic heterocycles. The van der Waals surface area contributed by atoms with Crippen molar-refractivity contribution in [2.45, 2.75) is 6.04 Å². The number of carbonyl (C=O) groups is 1. The van der Waals surface area contributed by atoms with Gasteiger partial charge in [0.1, 0.15) is 10.7 Å². The third-order valence-corrected chi connectivity index (χ3v) is 6.46. The van der Waals surface area contributed by atoms with Gasteiger partial charge in [-0.05, 0) is 6.07 Å². The number of thiazole rings is 1. The zero-order chi connectivity index (χ0) is 18.5. The standard InChI is InChI=1S/C20H21N3O2S2/c24-19(17-14-27-20(22-17)15-4-2-1-3-5-15)21-12-18(16-6-9-25-13-16)23-7-10-26-11-8-23/h1-6,9,13-14,18H,7-8,10-12H2,(H,21,24)/t18-/m1/s1. The Balaban J connectivity index is 1.43. The molecule has 7 heteroatoms. The van der Waals surface area contributed by atoms with E-state index in [0.717, 1.165) is 40.7 Å². The lowest BCUT2D eigenvalue weighted by atomic mass is 10.1. The van der Waals surface area contributed by atoms with Crippen molar-refractivity contribution in [2.75, 3.05) is 31.1 Å². The Hall–Kier alpha value is -2.09. The minimum absolute atomic E-state index is 0.126. The van der Waals surface area contributed by atoms with Crippen LogP contribution in [-0.2, 0) is 0 Å². The SMILES string of the molecule is O=C(NC[C@H](c1ccoc1)N1CCSCC1)c1csc(-c2ccccc2)n1. The van der Waals surface area contributed by atoms with Gasteiger partial charge in [0.2, 0.25) is 0 Å². The Morgan fingerprint density at radius 3 is 2.78 bits per heavy atom. The largest absolute Gasteiger partial charge is 0.472 e. The van der Waals surface area contributed by atoms with Gasteiger partial charge in [0, 0.05) is 47.6 Å². The summed E-state index contributed by atoms with van der Waals surface area (Å²) in [4.78, 5) is 19.6. The summed E-state index contributed by atoms with van der Waals surface area (Å²) >= 11 is 3.47. The van der Waals surface area contributed by atoms with Crippen molar-refractivity contribution >= 4 is 29.0 Å². The fourth-order valence-electron chi connectivity index (χ4n) is 3.18. The molecule has 0 aliphatic carbocycles. The third kappa shape index (κ3) is 4.43. The van der Waals surface area contributed by atoms with E-state index >= 15 is 0 Å². The van der Waals surface area contributed by atoms with Crippen LogP contribution in [0.4, 0.5) is 0 Å². The van der Waals surface area contributed by atoms with E-state index in [1.165, 1.54) is 11.3 Å². The van der Waals surface area contributed by atoms with Crippen molar-refractivity contribution in [2.24, 2.45) is 0 Å². The molecule has 0 saturated carbocycles. The summed E-state index contributed by atoms with van der Waals surface area (Å²) in [6.45, 7) is 2.58. The number of amides is 1. The summed E-state index contributed by atoms with van der Waals surface area (Å²) in [5, 5.41) is 5.75. The van der Waals surface area contributed by atoms with Crippen LogP contribution in [0, 0.1) is 0 Å². The molecule has 4 rings (SSSR count). The second-order valence-electron chi connectivity index (χ2n) is 6.33. The summed E-state index contributed by atoms with van der Waals surface area (Å²) in [7, 11) is 0. The van der Waals surface area contributed by atoms with Crippen molar-refractivity contribution < 1.29 is 9.21 Å². The first-order chi connectivity index (χ1) is 13.3. The predicted molar refractivity (Wildman–Crippen MR) is 110 cm³/mol. The third-order valence-electron chi connectivity index (χ3n) is 4.63. The van der Waals surface area contributed by atoms with Gasteiger partial charge >= 0.3 is 0 Å². The maximum atomic E-state index is 12.6.